The van der Waals surface area contributed by atoms with E-state index < -0.39 is 0 Å². The number of ether oxygens (including phenoxy) is 1. The molecule has 0 unspecified atom stereocenters. The number of nitrogen functional groups attached to an aromatic ring is 1. The second-order valence-electron chi connectivity index (χ2n) is 3.82. The van der Waals surface area contributed by atoms with E-state index in [1.165, 1.54) is 11.9 Å². The average molecular weight is 244 g/mol. The van der Waals surface area contributed by atoms with E-state index in [9.17, 15) is 0 Å². The van der Waals surface area contributed by atoms with Gasteiger partial charge in [-0.05, 0) is 18.4 Å². The van der Waals surface area contributed by atoms with Crippen molar-refractivity contribution >= 4 is 5.82 Å². The highest BCUT2D eigenvalue weighted by Gasteiger charge is 1.98. The molecule has 2 rings (SSSR count). The van der Waals surface area contributed by atoms with Gasteiger partial charge in [0.1, 0.15) is 12.1 Å². The molecule has 0 amide bonds. The van der Waals surface area contributed by atoms with Crippen LogP contribution in [-0.2, 0) is 6.42 Å². The molecule has 0 saturated heterocycles. The highest BCUT2D eigenvalue weighted by Crippen LogP contribution is 2.10. The van der Waals surface area contributed by atoms with Crippen LogP contribution in [0, 0.1) is 0 Å². The Labute approximate surface area is 106 Å². The van der Waals surface area contributed by atoms with Crippen LogP contribution >= 0.6 is 0 Å². The van der Waals surface area contributed by atoms with Crippen molar-refractivity contribution in [1.82, 2.24) is 9.97 Å². The Morgan fingerprint density at radius 3 is 2.78 bits per heavy atom. The summed E-state index contributed by atoms with van der Waals surface area (Å²) < 4.78 is 5.52. The van der Waals surface area contributed by atoms with Crippen molar-refractivity contribution in [3.63, 3.8) is 0 Å². The van der Waals surface area contributed by atoms with Crippen LogP contribution in [0.15, 0.2) is 42.7 Å². The van der Waals surface area contributed by atoms with E-state index in [0.717, 1.165) is 12.8 Å². The van der Waals surface area contributed by atoms with Crippen LogP contribution in [0.5, 0.6) is 5.88 Å². The third-order valence-electron chi connectivity index (χ3n) is 2.49. The number of hydrogen-bond acceptors (Lipinski definition) is 5. The first-order valence-corrected chi connectivity index (χ1v) is 5.84. The summed E-state index contributed by atoms with van der Waals surface area (Å²) in [7, 11) is 0. The standard InChI is InChI=1S/C13H16N4O/c14-17-12-9-13(16-10-15-12)18-8-4-7-11-5-2-1-3-6-11/h1-3,5-6,9-10H,4,7-8,14H2,(H,15,16,17). The van der Waals surface area contributed by atoms with Gasteiger partial charge >= 0.3 is 0 Å². The number of hydrogen-bond donors (Lipinski definition) is 2. The summed E-state index contributed by atoms with van der Waals surface area (Å²) in [6.07, 6.45) is 3.36. The zero-order valence-corrected chi connectivity index (χ0v) is 10.0. The molecule has 94 valence electrons. The number of nitrogens with two attached hydrogens (primary N) is 1. The van der Waals surface area contributed by atoms with Crippen LogP contribution in [0.25, 0.3) is 0 Å². The predicted octanol–water partition coefficient (Wildman–Crippen LogP) is 1.77. The molecule has 2 aromatic rings. The van der Waals surface area contributed by atoms with Crippen molar-refractivity contribution in [2.45, 2.75) is 12.8 Å². The van der Waals surface area contributed by atoms with E-state index in [4.69, 9.17) is 10.6 Å². The smallest absolute Gasteiger partial charge is 0.218 e. The summed E-state index contributed by atoms with van der Waals surface area (Å²) in [4.78, 5) is 7.91. The Morgan fingerprint density at radius 1 is 1.17 bits per heavy atom. The van der Waals surface area contributed by atoms with Gasteiger partial charge in [0.05, 0.1) is 6.61 Å². The predicted molar refractivity (Wildman–Crippen MR) is 70.1 cm³/mol. The van der Waals surface area contributed by atoms with Crippen LogP contribution in [0.1, 0.15) is 12.0 Å². The summed E-state index contributed by atoms with van der Waals surface area (Å²) in [5.41, 5.74) is 3.77. The molecule has 0 aliphatic heterocycles. The normalized spacial score (nSPS) is 10.1. The minimum absolute atomic E-state index is 0.533. The first-order chi connectivity index (χ1) is 8.88. The van der Waals surface area contributed by atoms with Crippen LogP contribution in [0.4, 0.5) is 5.82 Å². The van der Waals surface area contributed by atoms with Gasteiger partial charge in [0.15, 0.2) is 0 Å². The van der Waals surface area contributed by atoms with Crippen molar-refractivity contribution in [3.05, 3.63) is 48.3 Å². The van der Waals surface area contributed by atoms with Crippen LogP contribution in [0.3, 0.4) is 0 Å². The number of nitrogens with zero attached hydrogens (tertiary/aromatic N) is 2. The minimum atomic E-state index is 0.533. The minimum Gasteiger partial charge on any atom is -0.478 e. The molecule has 18 heavy (non-hydrogen) atoms. The van der Waals surface area contributed by atoms with Gasteiger partial charge in [-0.2, -0.15) is 0 Å². The topological polar surface area (TPSA) is 73.1 Å². The van der Waals surface area contributed by atoms with Crippen LogP contribution in [0.2, 0.25) is 0 Å². The van der Waals surface area contributed by atoms with Crippen LogP contribution in [-0.4, -0.2) is 16.6 Å². The molecular weight excluding hydrogens is 228 g/mol. The van der Waals surface area contributed by atoms with Crippen molar-refractivity contribution < 1.29 is 4.74 Å². The Kier molecular flexibility index (Phi) is 4.49. The Bertz CT molecular complexity index is 475. The quantitative estimate of drug-likeness (QED) is 0.460. The number of aryl methyl sites for hydroxylation is 1. The van der Waals surface area contributed by atoms with Gasteiger partial charge in [-0.25, -0.2) is 15.8 Å². The molecule has 1 aromatic carbocycles. The van der Waals surface area contributed by atoms with Crippen molar-refractivity contribution in [2.75, 3.05) is 12.0 Å². The van der Waals surface area contributed by atoms with Crippen LogP contribution < -0.4 is 16.0 Å². The second-order valence-corrected chi connectivity index (χ2v) is 3.82. The van der Waals surface area contributed by atoms with Gasteiger partial charge in [0.2, 0.25) is 5.88 Å². The first kappa shape index (κ1) is 12.3. The largest absolute Gasteiger partial charge is 0.478 e. The fourth-order valence-electron chi connectivity index (χ4n) is 1.60. The van der Waals surface area contributed by atoms with Gasteiger partial charge in [-0.15, -0.1) is 0 Å². The summed E-state index contributed by atoms with van der Waals surface area (Å²) in [5, 5.41) is 0. The number of rotatable bonds is 6. The maximum absolute atomic E-state index is 5.52. The lowest BCUT2D eigenvalue weighted by Crippen LogP contribution is -2.09. The van der Waals surface area contributed by atoms with E-state index in [1.54, 1.807) is 6.07 Å². The van der Waals surface area contributed by atoms with E-state index in [1.807, 2.05) is 18.2 Å². The molecule has 0 saturated carbocycles. The fourth-order valence-corrected chi connectivity index (χ4v) is 1.60. The van der Waals surface area contributed by atoms with Crippen molar-refractivity contribution in [1.29, 1.82) is 0 Å². The summed E-state index contributed by atoms with van der Waals surface area (Å²) in [5.74, 6) is 6.33. The van der Waals surface area contributed by atoms with Gasteiger partial charge in [0.25, 0.3) is 0 Å². The van der Waals surface area contributed by atoms with Crippen molar-refractivity contribution in [2.24, 2.45) is 5.84 Å². The molecule has 3 N–H and O–H groups in total. The molecule has 0 bridgehead atoms. The number of benzene rings is 1. The lowest BCUT2D eigenvalue weighted by atomic mass is 10.1. The molecule has 0 aliphatic rings. The third-order valence-corrected chi connectivity index (χ3v) is 2.49. The van der Waals surface area contributed by atoms with E-state index in [2.05, 4.69) is 27.5 Å². The molecule has 5 nitrogen and oxygen atoms in total. The molecule has 1 heterocycles. The van der Waals surface area contributed by atoms with E-state index in [0.29, 0.717) is 18.3 Å². The Balaban J connectivity index is 1.75. The number of nitrogens with one attached hydrogen (secondary N) is 1. The summed E-state index contributed by atoms with van der Waals surface area (Å²) in [6, 6.07) is 12.0. The highest BCUT2D eigenvalue weighted by molar-refractivity contribution is 5.35. The lowest BCUT2D eigenvalue weighted by Gasteiger charge is -2.06. The Morgan fingerprint density at radius 2 is 2.00 bits per heavy atom. The van der Waals surface area contributed by atoms with Gasteiger partial charge in [-0.1, -0.05) is 30.3 Å². The zero-order valence-electron chi connectivity index (χ0n) is 10.0. The van der Waals surface area contributed by atoms with Gasteiger partial charge in [-0.3, -0.25) is 0 Å². The molecule has 0 atom stereocenters. The van der Waals surface area contributed by atoms with E-state index >= 15 is 0 Å². The second kappa shape index (κ2) is 6.56. The SMILES string of the molecule is NNc1cc(OCCCc2ccccc2)ncn1. The van der Waals surface area contributed by atoms with Gasteiger partial charge in [0, 0.05) is 6.07 Å². The van der Waals surface area contributed by atoms with Gasteiger partial charge < -0.3 is 10.2 Å². The van der Waals surface area contributed by atoms with E-state index in [-0.39, 0.29) is 0 Å². The lowest BCUT2D eigenvalue weighted by molar-refractivity contribution is 0.299. The number of aromatic nitrogens is 2. The third kappa shape index (κ3) is 3.71. The molecule has 0 radical (unpaired) electrons. The highest BCUT2D eigenvalue weighted by atomic mass is 16.5. The molecule has 1 aromatic heterocycles. The average Bonchev–Trinajstić information content (AvgIpc) is 2.45. The summed E-state index contributed by atoms with van der Waals surface area (Å²) >= 11 is 0. The van der Waals surface area contributed by atoms with Crippen molar-refractivity contribution in [3.8, 4) is 5.88 Å². The molecule has 0 aliphatic carbocycles. The number of hydrazine groups is 1. The fraction of sp³-hybridized carbons (Fsp3) is 0.231. The number of anilines is 1. The molecule has 5 heteroatoms. The maximum Gasteiger partial charge on any atom is 0.218 e. The summed E-state index contributed by atoms with van der Waals surface area (Å²) in [6.45, 7) is 0.621. The molecule has 0 spiro atoms. The first-order valence-electron chi connectivity index (χ1n) is 5.84. The Hall–Kier alpha value is -2.14. The molecule has 0 fully saturated rings. The zero-order chi connectivity index (χ0) is 12.6. The maximum atomic E-state index is 5.52. The molecular formula is C13H16N4O. The monoisotopic (exact) mass is 244 g/mol.